The number of esters is 2. The number of fused-ring (bicyclic) bond motifs is 1. The van der Waals surface area contributed by atoms with Crippen molar-refractivity contribution >= 4 is 45.0 Å². The smallest absolute Gasteiger partial charge is 0.348 e. The molecular formula is C19H13ClF2O4S. The second-order valence-corrected chi connectivity index (χ2v) is 6.88. The molecule has 8 heteroatoms. The maximum atomic E-state index is 14.3. The van der Waals surface area contributed by atoms with E-state index < -0.39 is 35.7 Å². The minimum absolute atomic E-state index is 0.105. The molecule has 0 bridgehead atoms. The van der Waals surface area contributed by atoms with Gasteiger partial charge >= 0.3 is 11.9 Å². The van der Waals surface area contributed by atoms with E-state index in [9.17, 15) is 18.4 Å². The van der Waals surface area contributed by atoms with Gasteiger partial charge in [0.15, 0.2) is 0 Å². The Hall–Kier alpha value is -2.51. The molecule has 4 nitrogen and oxygen atoms in total. The van der Waals surface area contributed by atoms with Crippen LogP contribution in [0.1, 0.15) is 32.5 Å². The minimum Gasteiger partial charge on any atom is -0.462 e. The van der Waals surface area contributed by atoms with Crippen molar-refractivity contribution < 1.29 is 27.8 Å². The van der Waals surface area contributed by atoms with Crippen LogP contribution < -0.4 is 0 Å². The SMILES string of the molecule is CCOC(=O)c1sc2cccc(F)c2c1COC(=O)c1c(F)cccc1Cl. The molecule has 0 radical (unpaired) electrons. The summed E-state index contributed by atoms with van der Waals surface area (Å²) in [6, 6.07) is 8.18. The number of hydrogen-bond acceptors (Lipinski definition) is 5. The molecule has 140 valence electrons. The molecule has 0 amide bonds. The van der Waals surface area contributed by atoms with Crippen LogP contribution in [-0.4, -0.2) is 18.5 Å². The van der Waals surface area contributed by atoms with Crippen LogP contribution in [0.5, 0.6) is 0 Å². The van der Waals surface area contributed by atoms with E-state index in [0.29, 0.717) is 4.70 Å². The molecule has 2 aromatic carbocycles. The van der Waals surface area contributed by atoms with Crippen LogP contribution in [0.4, 0.5) is 8.78 Å². The van der Waals surface area contributed by atoms with Crippen LogP contribution in [-0.2, 0) is 16.1 Å². The summed E-state index contributed by atoms with van der Waals surface area (Å²) in [5.41, 5.74) is -0.246. The highest BCUT2D eigenvalue weighted by molar-refractivity contribution is 7.21. The average Bonchev–Trinajstić information content (AvgIpc) is 3.00. The van der Waals surface area contributed by atoms with E-state index in [-0.39, 0.29) is 27.5 Å². The van der Waals surface area contributed by atoms with Crippen molar-refractivity contribution in [3.63, 3.8) is 0 Å². The fraction of sp³-hybridized carbons (Fsp3) is 0.158. The molecule has 0 aliphatic heterocycles. The van der Waals surface area contributed by atoms with Crippen molar-refractivity contribution in [3.8, 4) is 0 Å². The summed E-state index contributed by atoms with van der Waals surface area (Å²) >= 11 is 6.89. The van der Waals surface area contributed by atoms with Gasteiger partial charge in [-0.15, -0.1) is 11.3 Å². The zero-order valence-corrected chi connectivity index (χ0v) is 15.6. The first-order valence-corrected chi connectivity index (χ1v) is 9.11. The highest BCUT2D eigenvalue weighted by Crippen LogP contribution is 2.34. The van der Waals surface area contributed by atoms with Gasteiger partial charge in [0.2, 0.25) is 0 Å². The summed E-state index contributed by atoms with van der Waals surface area (Å²) < 4.78 is 38.8. The highest BCUT2D eigenvalue weighted by atomic mass is 35.5. The predicted molar refractivity (Wildman–Crippen MR) is 98.3 cm³/mol. The van der Waals surface area contributed by atoms with Crippen LogP contribution in [0.2, 0.25) is 5.02 Å². The maximum absolute atomic E-state index is 14.3. The quantitative estimate of drug-likeness (QED) is 0.531. The first-order chi connectivity index (χ1) is 12.9. The third kappa shape index (κ3) is 3.79. The van der Waals surface area contributed by atoms with Gasteiger partial charge < -0.3 is 9.47 Å². The van der Waals surface area contributed by atoms with Crippen molar-refractivity contribution in [3.05, 3.63) is 69.1 Å². The van der Waals surface area contributed by atoms with Crippen molar-refractivity contribution in [2.24, 2.45) is 0 Å². The zero-order chi connectivity index (χ0) is 19.6. The van der Waals surface area contributed by atoms with E-state index in [2.05, 4.69) is 0 Å². The van der Waals surface area contributed by atoms with Crippen LogP contribution in [0.25, 0.3) is 10.1 Å². The number of thiophene rings is 1. The average molecular weight is 411 g/mol. The van der Waals surface area contributed by atoms with Crippen LogP contribution in [0.3, 0.4) is 0 Å². The summed E-state index contributed by atoms with van der Waals surface area (Å²) in [6.45, 7) is 1.35. The Kier molecular flexibility index (Phi) is 5.72. The maximum Gasteiger partial charge on any atom is 0.348 e. The lowest BCUT2D eigenvalue weighted by atomic mass is 10.1. The Morgan fingerprint density at radius 2 is 1.74 bits per heavy atom. The molecule has 0 saturated carbocycles. The lowest BCUT2D eigenvalue weighted by Gasteiger charge is -2.09. The molecule has 27 heavy (non-hydrogen) atoms. The van der Waals surface area contributed by atoms with Crippen molar-refractivity contribution in [1.29, 1.82) is 0 Å². The number of carbonyl (C=O) groups is 2. The zero-order valence-electron chi connectivity index (χ0n) is 14.1. The predicted octanol–water partition coefficient (Wildman–Crippen LogP) is 5.37. The van der Waals surface area contributed by atoms with Gasteiger partial charge in [0.25, 0.3) is 0 Å². The van der Waals surface area contributed by atoms with E-state index in [1.54, 1.807) is 13.0 Å². The molecule has 0 N–H and O–H groups in total. The summed E-state index contributed by atoms with van der Waals surface area (Å²) in [5.74, 6) is -3.05. The third-order valence-corrected chi connectivity index (χ3v) is 5.23. The number of ether oxygens (including phenoxy) is 2. The standard InChI is InChI=1S/C19H13ClF2O4S/c1-2-25-19(24)17-10(15-12(21)7-4-8-14(15)27-17)9-26-18(23)16-11(20)5-3-6-13(16)22/h3-8H,2,9H2,1H3. The van der Waals surface area contributed by atoms with E-state index in [4.69, 9.17) is 21.1 Å². The summed E-state index contributed by atoms with van der Waals surface area (Å²) in [4.78, 5) is 24.6. The molecule has 1 aromatic heterocycles. The molecule has 3 aromatic rings. The molecule has 0 atom stereocenters. The van der Waals surface area contributed by atoms with Crippen molar-refractivity contribution in [1.82, 2.24) is 0 Å². The molecular weight excluding hydrogens is 398 g/mol. The van der Waals surface area contributed by atoms with E-state index in [1.165, 1.54) is 24.3 Å². The summed E-state index contributed by atoms with van der Waals surface area (Å²) in [5, 5.41) is 0.0601. The lowest BCUT2D eigenvalue weighted by molar-refractivity contribution is 0.0450. The Morgan fingerprint density at radius 3 is 2.44 bits per heavy atom. The van der Waals surface area contributed by atoms with Gasteiger partial charge in [-0.2, -0.15) is 0 Å². The van der Waals surface area contributed by atoms with Gasteiger partial charge in [0.05, 0.1) is 11.6 Å². The molecule has 0 aliphatic carbocycles. The fourth-order valence-corrected chi connectivity index (χ4v) is 3.93. The fourth-order valence-electron chi connectivity index (χ4n) is 2.57. The highest BCUT2D eigenvalue weighted by Gasteiger charge is 2.24. The lowest BCUT2D eigenvalue weighted by Crippen LogP contribution is -2.11. The van der Waals surface area contributed by atoms with Gasteiger partial charge in [0.1, 0.15) is 28.7 Å². The molecule has 0 fully saturated rings. The largest absolute Gasteiger partial charge is 0.462 e. The summed E-state index contributed by atoms with van der Waals surface area (Å²) in [6.07, 6.45) is 0. The van der Waals surface area contributed by atoms with Crippen LogP contribution in [0, 0.1) is 11.6 Å². The Balaban J connectivity index is 1.97. The number of halogens is 3. The Morgan fingerprint density at radius 1 is 1.04 bits per heavy atom. The van der Waals surface area contributed by atoms with Crippen LogP contribution in [0.15, 0.2) is 36.4 Å². The van der Waals surface area contributed by atoms with Crippen LogP contribution >= 0.6 is 22.9 Å². The van der Waals surface area contributed by atoms with Crippen molar-refractivity contribution in [2.75, 3.05) is 6.61 Å². The van der Waals surface area contributed by atoms with E-state index in [1.807, 2.05) is 0 Å². The molecule has 0 aliphatic rings. The van der Waals surface area contributed by atoms with Gasteiger partial charge in [-0.05, 0) is 31.2 Å². The number of rotatable bonds is 5. The molecule has 1 heterocycles. The monoisotopic (exact) mass is 410 g/mol. The second kappa shape index (κ2) is 8.02. The normalized spacial score (nSPS) is 10.8. The number of benzene rings is 2. The van der Waals surface area contributed by atoms with Gasteiger partial charge in [-0.1, -0.05) is 23.7 Å². The molecule has 3 rings (SSSR count). The molecule has 0 spiro atoms. The van der Waals surface area contributed by atoms with E-state index in [0.717, 1.165) is 17.4 Å². The first-order valence-electron chi connectivity index (χ1n) is 7.92. The van der Waals surface area contributed by atoms with Gasteiger partial charge in [0, 0.05) is 15.6 Å². The summed E-state index contributed by atoms with van der Waals surface area (Å²) in [7, 11) is 0. The third-order valence-electron chi connectivity index (χ3n) is 3.74. The molecule has 0 unspecified atom stereocenters. The molecule has 0 saturated heterocycles. The minimum atomic E-state index is -1.01. The number of carbonyl (C=O) groups excluding carboxylic acids is 2. The van der Waals surface area contributed by atoms with E-state index >= 15 is 0 Å². The van der Waals surface area contributed by atoms with Crippen molar-refractivity contribution in [2.45, 2.75) is 13.5 Å². The second-order valence-electron chi connectivity index (χ2n) is 5.42. The Labute approximate surface area is 162 Å². The van der Waals surface area contributed by atoms with Gasteiger partial charge in [-0.3, -0.25) is 0 Å². The first kappa shape index (κ1) is 19.3. The van der Waals surface area contributed by atoms with Gasteiger partial charge in [-0.25, -0.2) is 18.4 Å². The number of hydrogen-bond donors (Lipinski definition) is 0. The Bertz CT molecular complexity index is 1010. The topological polar surface area (TPSA) is 52.6 Å².